The van der Waals surface area contributed by atoms with E-state index in [0.717, 1.165) is 29.7 Å². The van der Waals surface area contributed by atoms with Crippen LogP contribution >= 0.6 is 0 Å². The molecular weight excluding hydrogens is 234 g/mol. The van der Waals surface area contributed by atoms with Crippen molar-refractivity contribution in [1.29, 1.82) is 5.26 Å². The van der Waals surface area contributed by atoms with Crippen LogP contribution < -0.4 is 4.74 Å². The Morgan fingerprint density at radius 2 is 1.95 bits per heavy atom. The molecule has 1 fully saturated rings. The Bertz CT molecular complexity index is 513. The normalized spacial score (nSPS) is 26.4. The van der Waals surface area contributed by atoms with Crippen molar-refractivity contribution >= 4 is 0 Å². The maximum absolute atomic E-state index is 9.62. The fourth-order valence-electron chi connectivity index (χ4n) is 2.90. The highest BCUT2D eigenvalue weighted by atomic mass is 16.5. The number of ether oxygens (including phenoxy) is 1. The van der Waals surface area contributed by atoms with Crippen molar-refractivity contribution in [3.05, 3.63) is 29.3 Å². The second-order valence-electron chi connectivity index (χ2n) is 6.85. The zero-order chi connectivity index (χ0) is 14.3. The van der Waals surface area contributed by atoms with Gasteiger partial charge in [0.15, 0.2) is 0 Å². The first-order chi connectivity index (χ1) is 8.82. The third-order valence-corrected chi connectivity index (χ3v) is 4.59. The second kappa shape index (κ2) is 4.56. The highest BCUT2D eigenvalue weighted by Crippen LogP contribution is 2.54. The van der Waals surface area contributed by atoms with Gasteiger partial charge in [-0.15, -0.1) is 0 Å². The zero-order valence-corrected chi connectivity index (χ0v) is 12.6. The summed E-state index contributed by atoms with van der Waals surface area (Å²) in [5, 5.41) is 9.62. The maximum atomic E-state index is 9.62. The van der Waals surface area contributed by atoms with E-state index in [2.05, 4.69) is 39.0 Å². The molecule has 1 aromatic rings. The average molecular weight is 257 g/mol. The Balaban J connectivity index is 2.29. The van der Waals surface area contributed by atoms with Crippen LogP contribution in [0.4, 0.5) is 0 Å². The molecule has 1 aliphatic carbocycles. The topological polar surface area (TPSA) is 33.0 Å². The number of benzene rings is 1. The van der Waals surface area contributed by atoms with Crippen molar-refractivity contribution in [1.82, 2.24) is 0 Å². The van der Waals surface area contributed by atoms with Crippen LogP contribution in [0.25, 0.3) is 0 Å². The number of methoxy groups -OCH3 is 1. The minimum absolute atomic E-state index is 0.287. The maximum Gasteiger partial charge on any atom is 0.122 e. The number of aryl methyl sites for hydroxylation is 1. The Hall–Kier alpha value is -1.49. The van der Waals surface area contributed by atoms with Crippen molar-refractivity contribution in [3.63, 3.8) is 0 Å². The van der Waals surface area contributed by atoms with E-state index in [0.29, 0.717) is 5.92 Å². The van der Waals surface area contributed by atoms with Gasteiger partial charge in [-0.25, -0.2) is 0 Å². The summed E-state index contributed by atoms with van der Waals surface area (Å²) in [6.07, 6.45) is 1.92. The van der Waals surface area contributed by atoms with Gasteiger partial charge in [0.1, 0.15) is 5.75 Å². The Morgan fingerprint density at radius 3 is 2.42 bits per heavy atom. The molecule has 102 valence electrons. The highest BCUT2D eigenvalue weighted by molar-refractivity contribution is 5.44. The van der Waals surface area contributed by atoms with Crippen LogP contribution in [0.15, 0.2) is 18.2 Å². The van der Waals surface area contributed by atoms with Crippen molar-refractivity contribution < 1.29 is 4.74 Å². The number of nitriles is 1. The van der Waals surface area contributed by atoms with Crippen molar-refractivity contribution in [2.24, 2.45) is 11.3 Å². The molecular formula is C17H23NO. The van der Waals surface area contributed by atoms with E-state index in [-0.39, 0.29) is 10.8 Å². The molecule has 0 unspecified atom stereocenters. The lowest BCUT2D eigenvalue weighted by Crippen LogP contribution is -2.45. The smallest absolute Gasteiger partial charge is 0.122 e. The van der Waals surface area contributed by atoms with Gasteiger partial charge in [0.2, 0.25) is 0 Å². The van der Waals surface area contributed by atoms with Gasteiger partial charge in [0.05, 0.1) is 18.6 Å². The molecule has 0 saturated heterocycles. The molecule has 0 aromatic heterocycles. The molecule has 1 saturated carbocycles. The Kier molecular flexibility index (Phi) is 3.34. The third kappa shape index (κ3) is 2.34. The largest absolute Gasteiger partial charge is 0.496 e. The lowest BCUT2D eigenvalue weighted by Gasteiger charge is -2.49. The van der Waals surface area contributed by atoms with Gasteiger partial charge in [-0.3, -0.25) is 0 Å². The molecule has 0 heterocycles. The summed E-state index contributed by atoms with van der Waals surface area (Å²) in [5.41, 5.74) is 2.21. The number of rotatable bonds is 2. The molecule has 1 aliphatic rings. The molecule has 0 aliphatic heterocycles. The summed E-state index contributed by atoms with van der Waals surface area (Å²) >= 11 is 0. The van der Waals surface area contributed by atoms with Crippen LogP contribution in [0.2, 0.25) is 0 Å². The summed E-state index contributed by atoms with van der Waals surface area (Å²) in [6, 6.07) is 8.72. The summed E-state index contributed by atoms with van der Waals surface area (Å²) in [4.78, 5) is 0. The van der Waals surface area contributed by atoms with E-state index in [9.17, 15) is 5.26 Å². The van der Waals surface area contributed by atoms with Gasteiger partial charge < -0.3 is 4.74 Å². The fourth-order valence-corrected chi connectivity index (χ4v) is 2.90. The van der Waals surface area contributed by atoms with Gasteiger partial charge in [0, 0.05) is 0 Å². The predicted octanol–water partition coefficient (Wildman–Crippen LogP) is 4.22. The third-order valence-electron chi connectivity index (χ3n) is 4.59. The number of hydrogen-bond donors (Lipinski definition) is 0. The molecule has 0 atom stereocenters. The van der Waals surface area contributed by atoms with E-state index < -0.39 is 0 Å². The molecule has 0 amide bonds. The average Bonchev–Trinajstić information content (AvgIpc) is 2.28. The van der Waals surface area contributed by atoms with Crippen molar-refractivity contribution in [2.75, 3.05) is 7.11 Å². The molecule has 19 heavy (non-hydrogen) atoms. The number of nitrogens with zero attached hydrogens (tertiary/aromatic N) is 1. The standard InChI is InChI=1S/C17H23NO/c1-12-6-7-13(8-15(12)19-5)17(11-18)9-14(10-17)16(2,3)4/h6-8,14H,9-10H2,1-5H3. The van der Waals surface area contributed by atoms with E-state index >= 15 is 0 Å². The lowest BCUT2D eigenvalue weighted by atomic mass is 9.53. The Labute approximate surface area is 116 Å². The summed E-state index contributed by atoms with van der Waals surface area (Å²) in [6.45, 7) is 8.80. The van der Waals surface area contributed by atoms with Crippen LogP contribution in [-0.2, 0) is 5.41 Å². The van der Waals surface area contributed by atoms with E-state index in [1.807, 2.05) is 13.0 Å². The van der Waals surface area contributed by atoms with E-state index in [1.54, 1.807) is 7.11 Å². The van der Waals surface area contributed by atoms with Gasteiger partial charge in [-0.1, -0.05) is 32.9 Å². The van der Waals surface area contributed by atoms with Gasteiger partial charge in [-0.05, 0) is 48.3 Å². The Morgan fingerprint density at radius 1 is 1.32 bits per heavy atom. The molecule has 0 radical (unpaired) electrons. The van der Waals surface area contributed by atoms with Crippen LogP contribution in [-0.4, -0.2) is 7.11 Å². The number of hydrogen-bond acceptors (Lipinski definition) is 2. The fraction of sp³-hybridized carbons (Fsp3) is 0.588. The quantitative estimate of drug-likeness (QED) is 0.794. The molecule has 1 aromatic carbocycles. The van der Waals surface area contributed by atoms with Crippen LogP contribution in [0.5, 0.6) is 5.75 Å². The lowest BCUT2D eigenvalue weighted by molar-refractivity contribution is 0.0781. The first-order valence-corrected chi connectivity index (χ1v) is 6.89. The van der Waals surface area contributed by atoms with Crippen LogP contribution in [0, 0.1) is 29.6 Å². The predicted molar refractivity (Wildman–Crippen MR) is 77.2 cm³/mol. The summed E-state index contributed by atoms with van der Waals surface area (Å²) in [5.74, 6) is 1.51. The summed E-state index contributed by atoms with van der Waals surface area (Å²) < 4.78 is 5.38. The van der Waals surface area contributed by atoms with Crippen LogP contribution in [0.1, 0.15) is 44.7 Å². The molecule has 0 N–H and O–H groups in total. The highest BCUT2D eigenvalue weighted by Gasteiger charge is 2.50. The summed E-state index contributed by atoms with van der Waals surface area (Å²) in [7, 11) is 1.68. The first kappa shape index (κ1) is 13.9. The molecule has 2 nitrogen and oxygen atoms in total. The van der Waals surface area contributed by atoms with E-state index in [1.165, 1.54) is 0 Å². The zero-order valence-electron chi connectivity index (χ0n) is 12.6. The molecule has 0 spiro atoms. The van der Waals surface area contributed by atoms with Gasteiger partial charge in [-0.2, -0.15) is 5.26 Å². The van der Waals surface area contributed by atoms with Crippen molar-refractivity contribution in [3.8, 4) is 11.8 Å². The van der Waals surface area contributed by atoms with E-state index in [4.69, 9.17) is 4.74 Å². The van der Waals surface area contributed by atoms with Gasteiger partial charge >= 0.3 is 0 Å². The second-order valence-corrected chi connectivity index (χ2v) is 6.85. The van der Waals surface area contributed by atoms with Crippen molar-refractivity contribution in [2.45, 2.75) is 46.0 Å². The van der Waals surface area contributed by atoms with Gasteiger partial charge in [0.25, 0.3) is 0 Å². The SMILES string of the molecule is COc1cc(C2(C#N)CC(C(C)(C)C)C2)ccc1C. The molecule has 2 heteroatoms. The van der Waals surface area contributed by atoms with Crippen LogP contribution in [0.3, 0.4) is 0 Å². The molecule has 2 rings (SSSR count). The molecule has 0 bridgehead atoms. The monoisotopic (exact) mass is 257 g/mol. The minimum atomic E-state index is -0.307. The first-order valence-electron chi connectivity index (χ1n) is 6.89. The minimum Gasteiger partial charge on any atom is -0.496 e.